The highest BCUT2D eigenvalue weighted by atomic mass is 32.2. The highest BCUT2D eigenvalue weighted by molar-refractivity contribution is 8.18. The van der Waals surface area contributed by atoms with Gasteiger partial charge in [0, 0.05) is 43.0 Å². The maximum atomic E-state index is 12.9. The fourth-order valence-electron chi connectivity index (χ4n) is 3.78. The Kier molecular flexibility index (Phi) is 6.45. The van der Waals surface area contributed by atoms with E-state index in [2.05, 4.69) is 22.0 Å². The Morgan fingerprint density at radius 1 is 1.16 bits per heavy atom. The molecule has 0 unspecified atom stereocenters. The molecule has 2 heterocycles. The summed E-state index contributed by atoms with van der Waals surface area (Å²) in [5.41, 5.74) is 2.00. The number of hydrogen-bond donors (Lipinski definition) is 1. The van der Waals surface area contributed by atoms with Gasteiger partial charge >= 0.3 is 0 Å². The van der Waals surface area contributed by atoms with Gasteiger partial charge in [-0.15, -0.1) is 0 Å². The molecular formula is C23H24N4O4S. The van der Waals surface area contributed by atoms with E-state index in [0.717, 1.165) is 18.8 Å². The van der Waals surface area contributed by atoms with Crippen LogP contribution in [-0.2, 0) is 4.79 Å². The predicted molar refractivity (Wildman–Crippen MR) is 127 cm³/mol. The second-order valence-corrected chi connectivity index (χ2v) is 8.63. The lowest BCUT2D eigenvalue weighted by Crippen LogP contribution is -2.29. The molecule has 8 nitrogen and oxygen atoms in total. The van der Waals surface area contributed by atoms with Gasteiger partial charge in [-0.25, -0.2) is 4.99 Å². The SMILES string of the molecule is CCN1C(=O)/C(=C/c2cc([N+](=O)[O-])ccc2O)SC1=Nc1ccc(N2CCCCC2)cc1. The number of nitro benzene ring substituents is 1. The molecule has 0 radical (unpaired) electrons. The van der Waals surface area contributed by atoms with Gasteiger partial charge in [-0.1, -0.05) is 0 Å². The summed E-state index contributed by atoms with van der Waals surface area (Å²) in [6.45, 7) is 4.44. The van der Waals surface area contributed by atoms with Crippen LogP contribution in [0, 0.1) is 10.1 Å². The third kappa shape index (κ3) is 4.62. The van der Waals surface area contributed by atoms with Gasteiger partial charge < -0.3 is 10.0 Å². The van der Waals surface area contributed by atoms with Crippen LogP contribution in [0.4, 0.5) is 17.1 Å². The van der Waals surface area contributed by atoms with Crippen LogP contribution >= 0.6 is 11.8 Å². The Morgan fingerprint density at radius 2 is 1.88 bits per heavy atom. The smallest absolute Gasteiger partial charge is 0.270 e. The molecule has 0 atom stereocenters. The van der Waals surface area contributed by atoms with Crippen LogP contribution in [0.15, 0.2) is 52.4 Å². The minimum Gasteiger partial charge on any atom is -0.507 e. The number of nitrogens with zero attached hydrogens (tertiary/aromatic N) is 4. The molecule has 1 N–H and O–H groups in total. The molecule has 0 aromatic heterocycles. The average molecular weight is 453 g/mol. The van der Waals surface area contributed by atoms with Crippen LogP contribution in [0.2, 0.25) is 0 Å². The second kappa shape index (κ2) is 9.44. The van der Waals surface area contributed by atoms with Gasteiger partial charge in [0.05, 0.1) is 15.5 Å². The lowest BCUT2D eigenvalue weighted by Gasteiger charge is -2.28. The van der Waals surface area contributed by atoms with Crippen LogP contribution in [-0.4, -0.2) is 45.6 Å². The maximum absolute atomic E-state index is 12.9. The van der Waals surface area contributed by atoms with Crippen molar-refractivity contribution in [2.45, 2.75) is 26.2 Å². The van der Waals surface area contributed by atoms with Crippen LogP contribution in [0.5, 0.6) is 5.75 Å². The number of piperidine rings is 1. The van der Waals surface area contributed by atoms with Gasteiger partial charge in [-0.05, 0) is 74.4 Å². The number of benzene rings is 2. The van der Waals surface area contributed by atoms with Gasteiger partial charge in [-0.2, -0.15) is 0 Å². The summed E-state index contributed by atoms with van der Waals surface area (Å²) < 4.78 is 0. The van der Waals surface area contributed by atoms with Gasteiger partial charge in [0.2, 0.25) is 0 Å². The summed E-state index contributed by atoms with van der Waals surface area (Å²) in [5, 5.41) is 21.7. The van der Waals surface area contributed by atoms with Gasteiger partial charge in [0.15, 0.2) is 5.17 Å². The number of carbonyl (C=O) groups is 1. The standard InChI is InChI=1S/C23H24N4O4S/c1-2-26-22(29)21(15-16-14-19(27(30)31)10-11-20(16)28)32-23(26)24-17-6-8-18(9-7-17)25-12-4-3-5-13-25/h6-11,14-15,28H,2-5,12-13H2,1H3/b21-15-,24-23?. The van der Waals surface area contributed by atoms with E-state index in [1.807, 2.05) is 19.1 Å². The number of aromatic hydroxyl groups is 1. The molecular weight excluding hydrogens is 428 g/mol. The van der Waals surface area contributed by atoms with E-state index < -0.39 is 4.92 Å². The molecule has 9 heteroatoms. The van der Waals surface area contributed by atoms with E-state index in [-0.39, 0.29) is 22.9 Å². The van der Waals surface area contributed by atoms with E-state index in [1.54, 1.807) is 4.90 Å². The molecule has 2 aliphatic rings. The Balaban J connectivity index is 1.58. The van der Waals surface area contributed by atoms with Crippen molar-refractivity contribution in [3.63, 3.8) is 0 Å². The number of non-ortho nitro benzene ring substituents is 1. The number of phenolic OH excluding ortho intramolecular Hbond substituents is 1. The normalized spacial score (nSPS) is 19.2. The predicted octanol–water partition coefficient (Wildman–Crippen LogP) is 4.91. The first kappa shape index (κ1) is 21.9. The monoisotopic (exact) mass is 452 g/mol. The number of carbonyl (C=O) groups excluding carboxylic acids is 1. The Labute approximate surface area is 190 Å². The molecule has 1 amide bonds. The fraction of sp³-hybridized carbons (Fsp3) is 0.304. The topological polar surface area (TPSA) is 99.3 Å². The van der Waals surface area contributed by atoms with Gasteiger partial charge in [-0.3, -0.25) is 19.8 Å². The van der Waals surface area contributed by atoms with Gasteiger partial charge in [0.25, 0.3) is 11.6 Å². The van der Waals surface area contributed by atoms with E-state index in [4.69, 9.17) is 0 Å². The minimum absolute atomic E-state index is 0.127. The summed E-state index contributed by atoms with van der Waals surface area (Å²) in [5.74, 6) is -0.370. The van der Waals surface area contributed by atoms with E-state index >= 15 is 0 Å². The van der Waals surface area contributed by atoms with Crippen molar-refractivity contribution in [2.75, 3.05) is 24.5 Å². The number of amides is 1. The molecule has 4 rings (SSSR count). The van der Waals surface area contributed by atoms with Crippen molar-refractivity contribution in [2.24, 2.45) is 4.99 Å². The number of likely N-dealkylation sites (N-methyl/N-ethyl adjacent to an activating group) is 1. The van der Waals surface area contributed by atoms with E-state index in [0.29, 0.717) is 16.6 Å². The molecule has 2 aromatic carbocycles. The molecule has 0 aliphatic carbocycles. The molecule has 0 spiro atoms. The number of hydrogen-bond acceptors (Lipinski definition) is 7. The van der Waals surface area contributed by atoms with Crippen LogP contribution < -0.4 is 4.90 Å². The van der Waals surface area contributed by atoms with Crippen molar-refractivity contribution in [1.29, 1.82) is 0 Å². The molecule has 2 fully saturated rings. The number of nitro groups is 1. The van der Waals surface area contributed by atoms with Crippen molar-refractivity contribution < 1.29 is 14.8 Å². The number of aliphatic imine (C=N–C) groups is 1. The summed E-state index contributed by atoms with van der Waals surface area (Å²) in [6.07, 6.45) is 5.18. The highest BCUT2D eigenvalue weighted by Crippen LogP contribution is 2.36. The number of thioether (sulfide) groups is 1. The van der Waals surface area contributed by atoms with Crippen molar-refractivity contribution in [1.82, 2.24) is 4.90 Å². The average Bonchev–Trinajstić information content (AvgIpc) is 3.10. The van der Waals surface area contributed by atoms with E-state index in [9.17, 15) is 20.0 Å². The number of phenols is 1. The lowest BCUT2D eigenvalue weighted by atomic mass is 10.1. The van der Waals surface area contributed by atoms with Crippen molar-refractivity contribution >= 4 is 46.0 Å². The van der Waals surface area contributed by atoms with Crippen LogP contribution in [0.25, 0.3) is 6.08 Å². The summed E-state index contributed by atoms with van der Waals surface area (Å²) in [6, 6.07) is 11.7. The van der Waals surface area contributed by atoms with E-state index in [1.165, 1.54) is 61.0 Å². The number of rotatable bonds is 5. The highest BCUT2D eigenvalue weighted by Gasteiger charge is 2.32. The first-order valence-corrected chi connectivity index (χ1v) is 11.4. The minimum atomic E-state index is -0.538. The third-order valence-corrected chi connectivity index (χ3v) is 6.52. The van der Waals surface area contributed by atoms with Gasteiger partial charge in [0.1, 0.15) is 5.75 Å². The summed E-state index contributed by atoms with van der Waals surface area (Å²) in [7, 11) is 0. The molecule has 0 bridgehead atoms. The molecule has 2 aromatic rings. The summed E-state index contributed by atoms with van der Waals surface area (Å²) >= 11 is 1.19. The quantitative estimate of drug-likeness (QED) is 0.393. The fourth-order valence-corrected chi connectivity index (χ4v) is 4.84. The molecule has 2 saturated heterocycles. The number of anilines is 1. The second-order valence-electron chi connectivity index (χ2n) is 7.62. The first-order valence-electron chi connectivity index (χ1n) is 10.6. The largest absolute Gasteiger partial charge is 0.507 e. The Morgan fingerprint density at radius 3 is 2.53 bits per heavy atom. The molecule has 2 aliphatic heterocycles. The number of amidine groups is 1. The van der Waals surface area contributed by atoms with Crippen LogP contribution in [0.3, 0.4) is 0 Å². The van der Waals surface area contributed by atoms with Crippen molar-refractivity contribution in [3.05, 3.63) is 63.0 Å². The first-order chi connectivity index (χ1) is 15.5. The molecule has 166 valence electrons. The zero-order valence-electron chi connectivity index (χ0n) is 17.7. The third-order valence-electron chi connectivity index (χ3n) is 5.51. The Hall–Kier alpha value is -3.33. The maximum Gasteiger partial charge on any atom is 0.270 e. The Bertz CT molecular complexity index is 1090. The summed E-state index contributed by atoms with van der Waals surface area (Å²) in [4.78, 5) is 32.3. The van der Waals surface area contributed by atoms with Crippen LogP contribution in [0.1, 0.15) is 31.7 Å². The molecule has 32 heavy (non-hydrogen) atoms. The molecule has 0 saturated carbocycles. The zero-order valence-corrected chi connectivity index (χ0v) is 18.5. The lowest BCUT2D eigenvalue weighted by molar-refractivity contribution is -0.384. The van der Waals surface area contributed by atoms with Crippen molar-refractivity contribution in [3.8, 4) is 5.75 Å². The zero-order chi connectivity index (χ0) is 22.7.